The van der Waals surface area contributed by atoms with E-state index >= 15 is 0 Å². The first-order valence-corrected chi connectivity index (χ1v) is 8.36. The van der Waals surface area contributed by atoms with Crippen LogP contribution in [0, 0.1) is 13.8 Å². The quantitative estimate of drug-likeness (QED) is 0.589. The molecule has 0 amide bonds. The minimum absolute atomic E-state index is 0.639. The van der Waals surface area contributed by atoms with Gasteiger partial charge < -0.3 is 10.6 Å². The fraction of sp³-hybridized carbons (Fsp3) is 0.500. The van der Waals surface area contributed by atoms with Crippen LogP contribution in [0.3, 0.4) is 0 Å². The van der Waals surface area contributed by atoms with Gasteiger partial charge in [0.05, 0.1) is 28.6 Å². The van der Waals surface area contributed by atoms with Crippen LogP contribution in [0.2, 0.25) is 0 Å². The van der Waals surface area contributed by atoms with E-state index in [9.17, 15) is 0 Å². The summed E-state index contributed by atoms with van der Waals surface area (Å²) >= 11 is 8.75. The second kappa shape index (κ2) is 7.73. The molecule has 6 nitrogen and oxygen atoms in total. The van der Waals surface area contributed by atoms with Crippen molar-refractivity contribution in [3.8, 4) is 0 Å². The molecule has 0 aliphatic rings. The molecule has 8 heteroatoms. The van der Waals surface area contributed by atoms with Crippen molar-refractivity contribution in [2.45, 2.75) is 33.4 Å². The lowest BCUT2D eigenvalue weighted by atomic mass is 10.4. The maximum Gasteiger partial charge on any atom is 0.166 e. The van der Waals surface area contributed by atoms with Gasteiger partial charge in [0, 0.05) is 25.8 Å². The molecule has 0 aliphatic carbocycles. The largest absolute Gasteiger partial charge is 0.363 e. The zero-order chi connectivity index (χ0) is 16.1. The predicted molar refractivity (Wildman–Crippen MR) is 94.7 cm³/mol. The summed E-state index contributed by atoms with van der Waals surface area (Å²) in [5.41, 5.74) is 3.32. The summed E-state index contributed by atoms with van der Waals surface area (Å²) in [5.74, 6) is 0. The Labute approximate surface area is 144 Å². The Balaban J connectivity index is 1.67. The molecular weight excluding hydrogens is 364 g/mol. The Morgan fingerprint density at radius 3 is 2.73 bits per heavy atom. The maximum atomic E-state index is 5.28. The van der Waals surface area contributed by atoms with Gasteiger partial charge >= 0.3 is 0 Å². The number of halogens is 1. The summed E-state index contributed by atoms with van der Waals surface area (Å²) in [6, 6.07) is 2.09. The lowest BCUT2D eigenvalue weighted by molar-refractivity contribution is 0.556. The van der Waals surface area contributed by atoms with E-state index in [0.29, 0.717) is 11.7 Å². The molecule has 0 atom stereocenters. The van der Waals surface area contributed by atoms with Gasteiger partial charge in [0.25, 0.3) is 0 Å². The molecule has 2 heterocycles. The first kappa shape index (κ1) is 17.0. The van der Waals surface area contributed by atoms with Crippen molar-refractivity contribution in [3.05, 3.63) is 33.8 Å². The number of thiocarbonyl (C=S) groups is 1. The second-order valence-electron chi connectivity index (χ2n) is 5.18. The van der Waals surface area contributed by atoms with Crippen molar-refractivity contribution in [2.24, 2.45) is 7.05 Å². The number of nitrogens with one attached hydrogen (secondary N) is 2. The molecule has 120 valence electrons. The van der Waals surface area contributed by atoms with Gasteiger partial charge in [0.2, 0.25) is 0 Å². The lowest BCUT2D eigenvalue weighted by Crippen LogP contribution is -2.36. The average Bonchev–Trinajstić information content (AvgIpc) is 2.95. The van der Waals surface area contributed by atoms with Crippen LogP contribution < -0.4 is 10.6 Å². The molecule has 0 saturated carbocycles. The lowest BCUT2D eigenvalue weighted by Gasteiger charge is -2.11. The van der Waals surface area contributed by atoms with E-state index in [1.807, 2.05) is 23.3 Å². The van der Waals surface area contributed by atoms with Crippen LogP contribution in [0.5, 0.6) is 0 Å². The molecule has 2 N–H and O–H groups in total. The van der Waals surface area contributed by atoms with Gasteiger partial charge in [-0.1, -0.05) is 0 Å². The van der Waals surface area contributed by atoms with Gasteiger partial charge in [-0.15, -0.1) is 0 Å². The Hall–Kier alpha value is -1.41. The maximum absolute atomic E-state index is 5.28. The standard InChI is InChI=1S/C14H21BrN6S/c1-10-7-11(2)21(19-10)6-4-5-16-14(22)17-9-13-12(15)8-18-20(13)3/h7-8H,4-6,9H2,1-3H3,(H2,16,17,22). The molecule has 0 saturated heterocycles. The highest BCUT2D eigenvalue weighted by Gasteiger charge is 2.06. The monoisotopic (exact) mass is 384 g/mol. The van der Waals surface area contributed by atoms with Crippen LogP contribution in [0.25, 0.3) is 0 Å². The number of aryl methyl sites for hydroxylation is 4. The van der Waals surface area contributed by atoms with Crippen LogP contribution in [0.15, 0.2) is 16.7 Å². The molecule has 0 aromatic carbocycles. The molecule has 0 bridgehead atoms. The van der Waals surface area contributed by atoms with Gasteiger partial charge in [0.1, 0.15) is 0 Å². The summed E-state index contributed by atoms with van der Waals surface area (Å²) in [4.78, 5) is 0. The van der Waals surface area contributed by atoms with Gasteiger partial charge in [-0.25, -0.2) is 0 Å². The third kappa shape index (κ3) is 4.54. The zero-order valence-electron chi connectivity index (χ0n) is 13.1. The molecule has 0 spiro atoms. The van der Waals surface area contributed by atoms with Crippen molar-refractivity contribution < 1.29 is 0 Å². The summed E-state index contributed by atoms with van der Waals surface area (Å²) in [5, 5.41) is 15.7. The van der Waals surface area contributed by atoms with Crippen LogP contribution in [0.4, 0.5) is 0 Å². The fourth-order valence-corrected chi connectivity index (χ4v) is 2.86. The van der Waals surface area contributed by atoms with E-state index in [4.69, 9.17) is 12.2 Å². The third-order valence-electron chi connectivity index (χ3n) is 3.36. The number of rotatable bonds is 6. The average molecular weight is 385 g/mol. The zero-order valence-corrected chi connectivity index (χ0v) is 15.5. The van der Waals surface area contributed by atoms with Crippen LogP contribution in [-0.4, -0.2) is 31.2 Å². The minimum atomic E-state index is 0.639. The minimum Gasteiger partial charge on any atom is -0.363 e. The smallest absolute Gasteiger partial charge is 0.166 e. The van der Waals surface area contributed by atoms with Crippen molar-refractivity contribution in [1.82, 2.24) is 30.2 Å². The molecule has 0 aliphatic heterocycles. The fourth-order valence-electron chi connectivity index (χ4n) is 2.19. The van der Waals surface area contributed by atoms with Gasteiger partial charge in [-0.05, 0) is 54.5 Å². The van der Waals surface area contributed by atoms with Gasteiger partial charge in [0.15, 0.2) is 5.11 Å². The Morgan fingerprint density at radius 2 is 2.14 bits per heavy atom. The number of hydrogen-bond donors (Lipinski definition) is 2. The Kier molecular flexibility index (Phi) is 5.96. The molecule has 2 aromatic heterocycles. The van der Waals surface area contributed by atoms with E-state index in [1.165, 1.54) is 5.69 Å². The summed E-state index contributed by atoms with van der Waals surface area (Å²) in [7, 11) is 1.91. The van der Waals surface area contributed by atoms with Crippen LogP contribution in [-0.2, 0) is 20.1 Å². The second-order valence-corrected chi connectivity index (χ2v) is 6.44. The van der Waals surface area contributed by atoms with E-state index < -0.39 is 0 Å². The molecule has 0 fully saturated rings. The van der Waals surface area contributed by atoms with Crippen LogP contribution >= 0.6 is 28.1 Å². The summed E-state index contributed by atoms with van der Waals surface area (Å²) in [6.45, 7) is 6.43. The molecule has 0 unspecified atom stereocenters. The van der Waals surface area contributed by atoms with Crippen molar-refractivity contribution in [2.75, 3.05) is 6.54 Å². The molecule has 0 radical (unpaired) electrons. The SMILES string of the molecule is Cc1cc(C)n(CCCNC(=S)NCc2c(Br)cnn2C)n1. The molecule has 2 aromatic rings. The summed E-state index contributed by atoms with van der Waals surface area (Å²) in [6.07, 6.45) is 2.75. The van der Waals surface area contributed by atoms with Crippen molar-refractivity contribution in [3.63, 3.8) is 0 Å². The van der Waals surface area contributed by atoms with E-state index in [0.717, 1.165) is 35.4 Å². The van der Waals surface area contributed by atoms with Crippen molar-refractivity contribution in [1.29, 1.82) is 0 Å². The molecular formula is C14H21BrN6S. The van der Waals surface area contributed by atoms with Gasteiger partial charge in [-0.2, -0.15) is 10.2 Å². The van der Waals surface area contributed by atoms with Crippen LogP contribution in [0.1, 0.15) is 23.5 Å². The van der Waals surface area contributed by atoms with E-state index in [-0.39, 0.29) is 0 Å². The van der Waals surface area contributed by atoms with Gasteiger partial charge in [-0.3, -0.25) is 9.36 Å². The third-order valence-corrected chi connectivity index (χ3v) is 4.31. The van der Waals surface area contributed by atoms with E-state index in [2.05, 4.69) is 49.8 Å². The first-order chi connectivity index (χ1) is 10.5. The topological polar surface area (TPSA) is 59.7 Å². The molecule has 22 heavy (non-hydrogen) atoms. The highest BCUT2D eigenvalue weighted by molar-refractivity contribution is 9.10. The van der Waals surface area contributed by atoms with E-state index in [1.54, 1.807) is 6.20 Å². The number of hydrogen-bond acceptors (Lipinski definition) is 3. The Morgan fingerprint density at radius 1 is 1.36 bits per heavy atom. The predicted octanol–water partition coefficient (Wildman–Crippen LogP) is 2.05. The Bertz CT molecular complexity index is 628. The van der Waals surface area contributed by atoms with Crippen molar-refractivity contribution >= 4 is 33.3 Å². The normalized spacial score (nSPS) is 10.7. The highest BCUT2D eigenvalue weighted by atomic mass is 79.9. The highest BCUT2D eigenvalue weighted by Crippen LogP contribution is 2.14. The number of nitrogens with zero attached hydrogens (tertiary/aromatic N) is 4. The summed E-state index contributed by atoms with van der Waals surface area (Å²) < 4.78 is 4.83. The number of aromatic nitrogens is 4. The molecule has 2 rings (SSSR count). The first-order valence-electron chi connectivity index (χ1n) is 7.16.